The number of ether oxygens (including phenoxy) is 3. The molecule has 2 aromatic rings. The zero-order valence-corrected chi connectivity index (χ0v) is 14.4. The fourth-order valence-electron chi connectivity index (χ4n) is 3.47. The lowest BCUT2D eigenvalue weighted by Crippen LogP contribution is -2.22. The number of Topliss-reactive ketones (excluding diaryl/α,β-unsaturated/α-hetero) is 1. The predicted octanol–water partition coefficient (Wildman–Crippen LogP) is 4.28. The number of ketones is 1. The molecule has 4 rings (SSSR count). The largest absolute Gasteiger partial charge is 0.496 e. The summed E-state index contributed by atoms with van der Waals surface area (Å²) in [7, 11) is 1.56. The number of methoxy groups -OCH3 is 1. The first-order valence-electron chi connectivity index (χ1n) is 8.39. The summed E-state index contributed by atoms with van der Waals surface area (Å²) in [6.45, 7) is 5.93. The lowest BCUT2D eigenvalue weighted by Gasteiger charge is -2.28. The predicted molar refractivity (Wildman–Crippen MR) is 94.7 cm³/mol. The van der Waals surface area contributed by atoms with Crippen molar-refractivity contribution in [1.82, 2.24) is 0 Å². The van der Waals surface area contributed by atoms with Crippen LogP contribution in [0.25, 0.3) is 0 Å². The molecule has 25 heavy (non-hydrogen) atoms. The molecule has 0 amide bonds. The summed E-state index contributed by atoms with van der Waals surface area (Å²) in [5.74, 6) is 1.86. The van der Waals surface area contributed by atoms with Crippen LogP contribution in [-0.2, 0) is 6.42 Å². The molecule has 2 aliphatic heterocycles. The van der Waals surface area contributed by atoms with E-state index in [0.29, 0.717) is 35.7 Å². The van der Waals surface area contributed by atoms with E-state index in [1.807, 2.05) is 37.3 Å². The highest BCUT2D eigenvalue weighted by atomic mass is 16.5. The molecule has 2 atom stereocenters. The molecule has 4 heteroatoms. The van der Waals surface area contributed by atoms with Crippen LogP contribution in [-0.4, -0.2) is 19.0 Å². The van der Waals surface area contributed by atoms with Crippen molar-refractivity contribution in [3.05, 3.63) is 65.2 Å². The molecule has 0 unspecified atom stereocenters. The van der Waals surface area contributed by atoms with Gasteiger partial charge in [-0.1, -0.05) is 36.9 Å². The van der Waals surface area contributed by atoms with E-state index in [-0.39, 0.29) is 18.0 Å². The van der Waals surface area contributed by atoms with Crippen LogP contribution in [0.1, 0.15) is 40.9 Å². The van der Waals surface area contributed by atoms with Gasteiger partial charge in [0, 0.05) is 18.1 Å². The maximum atomic E-state index is 12.8. The quantitative estimate of drug-likeness (QED) is 0.785. The van der Waals surface area contributed by atoms with Crippen molar-refractivity contribution in [2.24, 2.45) is 0 Å². The van der Waals surface area contributed by atoms with Crippen molar-refractivity contribution in [3.63, 3.8) is 0 Å². The van der Waals surface area contributed by atoms with Crippen molar-refractivity contribution in [2.75, 3.05) is 7.11 Å². The Balaban J connectivity index is 1.81. The minimum atomic E-state index is -0.290. The summed E-state index contributed by atoms with van der Waals surface area (Å²) in [5, 5.41) is 0. The fraction of sp³-hybridized carbons (Fsp3) is 0.286. The van der Waals surface area contributed by atoms with Gasteiger partial charge in [0.05, 0.1) is 13.5 Å². The minimum absolute atomic E-state index is 0.0357. The zero-order chi connectivity index (χ0) is 17.6. The Labute approximate surface area is 147 Å². The molecular formula is C21H20O4. The summed E-state index contributed by atoms with van der Waals surface area (Å²) in [4.78, 5) is 12.8. The smallest absolute Gasteiger partial charge is 0.174 e. The summed E-state index contributed by atoms with van der Waals surface area (Å²) in [5.41, 5.74) is 3.40. The number of carbonyl (C=O) groups excluding carboxylic acids is 1. The minimum Gasteiger partial charge on any atom is -0.496 e. The van der Waals surface area contributed by atoms with Crippen LogP contribution >= 0.6 is 0 Å². The molecule has 0 bridgehead atoms. The molecule has 2 heterocycles. The van der Waals surface area contributed by atoms with Crippen molar-refractivity contribution in [3.8, 4) is 17.2 Å². The van der Waals surface area contributed by atoms with Gasteiger partial charge in [0.1, 0.15) is 35.0 Å². The average molecular weight is 336 g/mol. The molecule has 128 valence electrons. The molecule has 0 saturated carbocycles. The van der Waals surface area contributed by atoms with Gasteiger partial charge in [-0.25, -0.2) is 0 Å². The van der Waals surface area contributed by atoms with E-state index in [2.05, 4.69) is 6.58 Å². The van der Waals surface area contributed by atoms with E-state index >= 15 is 0 Å². The molecule has 0 spiro atoms. The molecule has 0 aliphatic carbocycles. The third-order valence-electron chi connectivity index (χ3n) is 4.82. The third-order valence-corrected chi connectivity index (χ3v) is 4.82. The Hall–Kier alpha value is -2.75. The van der Waals surface area contributed by atoms with Gasteiger partial charge in [-0.15, -0.1) is 0 Å². The maximum Gasteiger partial charge on any atom is 0.174 e. The number of fused-ring (bicyclic) bond motifs is 3. The van der Waals surface area contributed by atoms with Gasteiger partial charge in [-0.3, -0.25) is 4.79 Å². The lowest BCUT2D eigenvalue weighted by molar-refractivity contribution is 0.0843. The fourth-order valence-corrected chi connectivity index (χ4v) is 3.47. The van der Waals surface area contributed by atoms with Crippen LogP contribution in [0.3, 0.4) is 0 Å². The Morgan fingerprint density at radius 2 is 1.96 bits per heavy atom. The standard InChI is InChI=1S/C21H20O4/c1-12(2)16-9-14-18(24-16)11-19(23-3)20-15(22)10-17(25-21(14)20)13-7-5-4-6-8-13/h4-8,11,16-17H,1,9-10H2,2-3H3/t16-,17-/m0/s1. The van der Waals surface area contributed by atoms with Gasteiger partial charge in [0.25, 0.3) is 0 Å². The first kappa shape index (κ1) is 15.8. The van der Waals surface area contributed by atoms with Crippen LogP contribution in [0.4, 0.5) is 0 Å². The third kappa shape index (κ3) is 2.58. The summed E-state index contributed by atoms with van der Waals surface area (Å²) in [6.07, 6.45) is 0.575. The van der Waals surface area contributed by atoms with Crippen LogP contribution < -0.4 is 14.2 Å². The van der Waals surface area contributed by atoms with Crippen LogP contribution in [0, 0.1) is 0 Å². The highest BCUT2D eigenvalue weighted by Crippen LogP contribution is 2.49. The highest BCUT2D eigenvalue weighted by Gasteiger charge is 2.37. The van der Waals surface area contributed by atoms with Gasteiger partial charge in [0.2, 0.25) is 0 Å². The number of hydrogen-bond acceptors (Lipinski definition) is 4. The van der Waals surface area contributed by atoms with E-state index in [4.69, 9.17) is 14.2 Å². The molecule has 0 saturated heterocycles. The molecule has 4 nitrogen and oxygen atoms in total. The number of rotatable bonds is 3. The SMILES string of the molecule is C=C(C)[C@@H]1Cc2c(cc(OC)c3c2O[C@H](c2ccccc2)CC3=O)O1. The molecule has 0 radical (unpaired) electrons. The second kappa shape index (κ2) is 5.96. The van der Waals surface area contributed by atoms with Gasteiger partial charge >= 0.3 is 0 Å². The maximum absolute atomic E-state index is 12.8. The summed E-state index contributed by atoms with van der Waals surface area (Å²) >= 11 is 0. The normalized spacial score (nSPS) is 21.0. The van der Waals surface area contributed by atoms with Gasteiger partial charge in [-0.05, 0) is 18.1 Å². The molecule has 2 aromatic carbocycles. The van der Waals surface area contributed by atoms with Crippen molar-refractivity contribution < 1.29 is 19.0 Å². The lowest BCUT2D eigenvalue weighted by atomic mass is 9.92. The number of carbonyl (C=O) groups is 1. The highest BCUT2D eigenvalue weighted by molar-refractivity contribution is 6.03. The van der Waals surface area contributed by atoms with E-state index in [9.17, 15) is 4.79 Å². The number of benzene rings is 2. The van der Waals surface area contributed by atoms with Crippen LogP contribution in [0.5, 0.6) is 17.2 Å². The van der Waals surface area contributed by atoms with E-state index in [1.54, 1.807) is 13.2 Å². The Bertz CT molecular complexity index is 854. The molecule has 0 fully saturated rings. The second-order valence-electron chi connectivity index (χ2n) is 6.56. The first-order valence-corrected chi connectivity index (χ1v) is 8.39. The summed E-state index contributed by atoms with van der Waals surface area (Å²) < 4.78 is 17.7. The molecule has 0 N–H and O–H groups in total. The van der Waals surface area contributed by atoms with E-state index < -0.39 is 0 Å². The van der Waals surface area contributed by atoms with Gasteiger partial charge in [-0.2, -0.15) is 0 Å². The molecule has 0 aromatic heterocycles. The summed E-state index contributed by atoms with van der Waals surface area (Å²) in [6, 6.07) is 11.6. The monoisotopic (exact) mass is 336 g/mol. The van der Waals surface area contributed by atoms with Crippen LogP contribution in [0.2, 0.25) is 0 Å². The Morgan fingerprint density at radius 1 is 1.20 bits per heavy atom. The van der Waals surface area contributed by atoms with Crippen molar-refractivity contribution in [1.29, 1.82) is 0 Å². The van der Waals surface area contributed by atoms with Gasteiger partial charge in [0.15, 0.2) is 5.78 Å². The zero-order valence-electron chi connectivity index (χ0n) is 14.4. The first-order chi connectivity index (χ1) is 12.1. The molecular weight excluding hydrogens is 316 g/mol. The second-order valence-corrected chi connectivity index (χ2v) is 6.56. The average Bonchev–Trinajstić information content (AvgIpc) is 3.06. The molecule has 2 aliphatic rings. The van der Waals surface area contributed by atoms with E-state index in [0.717, 1.165) is 16.7 Å². The number of hydrogen-bond donors (Lipinski definition) is 0. The van der Waals surface area contributed by atoms with E-state index in [1.165, 1.54) is 0 Å². The van der Waals surface area contributed by atoms with Crippen molar-refractivity contribution >= 4 is 5.78 Å². The Morgan fingerprint density at radius 3 is 2.64 bits per heavy atom. The van der Waals surface area contributed by atoms with Crippen molar-refractivity contribution in [2.45, 2.75) is 32.0 Å². The topological polar surface area (TPSA) is 44.8 Å². The van der Waals surface area contributed by atoms with Crippen LogP contribution in [0.15, 0.2) is 48.6 Å². The Kier molecular flexibility index (Phi) is 3.75. The van der Waals surface area contributed by atoms with Gasteiger partial charge < -0.3 is 14.2 Å².